The molecule has 43 heavy (non-hydrogen) atoms. The Morgan fingerprint density at radius 3 is 2.60 bits per heavy atom. The van der Waals surface area contributed by atoms with Crippen molar-refractivity contribution in [1.29, 1.82) is 0 Å². The predicted molar refractivity (Wildman–Crippen MR) is 164 cm³/mol. The second kappa shape index (κ2) is 12.9. The van der Waals surface area contributed by atoms with E-state index < -0.39 is 11.4 Å². The monoisotopic (exact) mass is 605 g/mol. The van der Waals surface area contributed by atoms with E-state index in [1.165, 1.54) is 24.4 Å². The number of hydrogen-bond donors (Lipinski definition) is 2. The van der Waals surface area contributed by atoms with Crippen LogP contribution in [-0.2, 0) is 4.74 Å². The number of halogens is 2. The number of hydrogen-bond acceptors (Lipinski definition) is 8. The molecule has 10 nitrogen and oxygen atoms in total. The van der Waals surface area contributed by atoms with Gasteiger partial charge >= 0.3 is 6.09 Å². The number of rotatable bonds is 7. The van der Waals surface area contributed by atoms with Crippen LogP contribution >= 0.6 is 11.6 Å². The van der Waals surface area contributed by atoms with Gasteiger partial charge in [0.15, 0.2) is 0 Å². The Bertz CT molecular complexity index is 1640. The molecule has 4 aromatic rings. The molecular formula is C31H33ClFN7O3. The molecule has 0 saturated carbocycles. The highest BCUT2D eigenvalue weighted by Crippen LogP contribution is 2.29. The average molecular weight is 606 g/mol. The molecule has 1 fully saturated rings. The Labute approximate surface area is 254 Å². The molecule has 1 aliphatic rings. The highest BCUT2D eigenvalue weighted by Gasteiger charge is 2.25. The zero-order valence-corrected chi connectivity index (χ0v) is 25.0. The molecule has 2 N–H and O–H groups in total. The first-order valence-corrected chi connectivity index (χ1v) is 14.4. The van der Waals surface area contributed by atoms with Crippen LogP contribution in [0, 0.1) is 5.82 Å². The number of ether oxygens (including phenoxy) is 1. The molecule has 5 rings (SSSR count). The van der Waals surface area contributed by atoms with Gasteiger partial charge in [-0.25, -0.2) is 9.18 Å². The molecule has 0 bridgehead atoms. The van der Waals surface area contributed by atoms with Crippen LogP contribution in [0.3, 0.4) is 0 Å². The van der Waals surface area contributed by atoms with E-state index in [-0.39, 0.29) is 17.6 Å². The third kappa shape index (κ3) is 7.74. The lowest BCUT2D eigenvalue weighted by molar-refractivity contribution is 0.0147. The molecule has 0 atom stereocenters. The summed E-state index contributed by atoms with van der Waals surface area (Å²) < 4.78 is 19.8. The first-order valence-electron chi connectivity index (χ1n) is 14.0. The summed E-state index contributed by atoms with van der Waals surface area (Å²) in [5, 5.41) is 15.5. The molecule has 224 valence electrons. The Kier molecular flexibility index (Phi) is 9.02. The van der Waals surface area contributed by atoms with E-state index in [1.807, 2.05) is 32.9 Å². The summed E-state index contributed by atoms with van der Waals surface area (Å²) in [7, 11) is 0. The fraction of sp³-hybridized carbons (Fsp3) is 0.323. The van der Waals surface area contributed by atoms with E-state index in [9.17, 15) is 14.0 Å². The number of pyridine rings is 1. The van der Waals surface area contributed by atoms with Gasteiger partial charge in [0.05, 0.1) is 23.1 Å². The minimum atomic E-state index is -0.518. The molecule has 12 heteroatoms. The van der Waals surface area contributed by atoms with Crippen LogP contribution in [0.5, 0.6) is 0 Å². The summed E-state index contributed by atoms with van der Waals surface area (Å²) >= 11 is 6.05. The first kappa shape index (κ1) is 30.1. The highest BCUT2D eigenvalue weighted by atomic mass is 35.5. The first-order chi connectivity index (χ1) is 20.6. The van der Waals surface area contributed by atoms with Crippen LogP contribution in [0.2, 0.25) is 5.02 Å². The number of aromatic nitrogens is 3. The van der Waals surface area contributed by atoms with E-state index in [0.717, 1.165) is 11.1 Å². The molecule has 2 aromatic carbocycles. The van der Waals surface area contributed by atoms with Gasteiger partial charge in [0.1, 0.15) is 11.4 Å². The quantitative estimate of drug-likeness (QED) is 0.284. The number of piperazine rings is 1. The van der Waals surface area contributed by atoms with Crippen molar-refractivity contribution in [2.75, 3.05) is 44.6 Å². The van der Waals surface area contributed by atoms with Crippen molar-refractivity contribution in [3.8, 4) is 11.3 Å². The topological polar surface area (TPSA) is 113 Å². The summed E-state index contributed by atoms with van der Waals surface area (Å²) in [4.78, 5) is 33.6. The number of carbonyl (C=O) groups excluding carboxylic acids is 2. The number of fused-ring (bicyclic) bond motifs is 1. The zero-order valence-electron chi connectivity index (χ0n) is 24.2. The molecule has 0 unspecified atom stereocenters. The van der Waals surface area contributed by atoms with E-state index in [2.05, 4.69) is 30.7 Å². The second-order valence-corrected chi connectivity index (χ2v) is 11.7. The normalized spacial score (nSPS) is 14.0. The van der Waals surface area contributed by atoms with Gasteiger partial charge in [-0.15, -0.1) is 0 Å². The van der Waals surface area contributed by atoms with Crippen LogP contribution in [0.4, 0.5) is 20.6 Å². The summed E-state index contributed by atoms with van der Waals surface area (Å²) in [6, 6.07) is 13.1. The van der Waals surface area contributed by atoms with Crippen molar-refractivity contribution in [2.24, 2.45) is 0 Å². The lowest BCUT2D eigenvalue weighted by Gasteiger charge is -2.35. The van der Waals surface area contributed by atoms with E-state index in [0.29, 0.717) is 66.8 Å². The molecule has 1 aliphatic heterocycles. The number of amides is 2. The van der Waals surface area contributed by atoms with Gasteiger partial charge in [-0.2, -0.15) is 10.2 Å². The average Bonchev–Trinajstić information content (AvgIpc) is 2.98. The number of nitrogens with one attached hydrogen (secondary N) is 2. The Balaban J connectivity index is 1.18. The van der Waals surface area contributed by atoms with Crippen LogP contribution in [0.25, 0.3) is 22.2 Å². The third-order valence-electron chi connectivity index (χ3n) is 6.88. The van der Waals surface area contributed by atoms with Gasteiger partial charge in [0.2, 0.25) is 0 Å². The number of anilines is 2. The number of carbonyl (C=O) groups is 2. The summed E-state index contributed by atoms with van der Waals surface area (Å²) in [6.45, 7) is 9.32. The van der Waals surface area contributed by atoms with Crippen molar-refractivity contribution in [3.05, 3.63) is 77.3 Å². The van der Waals surface area contributed by atoms with Gasteiger partial charge in [-0.05, 0) is 69.3 Å². The van der Waals surface area contributed by atoms with E-state index in [1.54, 1.807) is 29.3 Å². The second-order valence-electron chi connectivity index (χ2n) is 11.2. The fourth-order valence-corrected chi connectivity index (χ4v) is 4.90. The maximum absolute atomic E-state index is 14.4. The van der Waals surface area contributed by atoms with Crippen molar-refractivity contribution < 1.29 is 18.7 Å². The lowest BCUT2D eigenvalue weighted by atomic mass is 10.1. The predicted octanol–water partition coefficient (Wildman–Crippen LogP) is 5.51. The molecule has 0 spiro atoms. The van der Waals surface area contributed by atoms with Gasteiger partial charge < -0.3 is 20.3 Å². The van der Waals surface area contributed by atoms with Crippen molar-refractivity contribution in [1.82, 2.24) is 30.3 Å². The summed E-state index contributed by atoms with van der Waals surface area (Å²) in [6.07, 6.45) is 2.89. The molecule has 2 aromatic heterocycles. The minimum absolute atomic E-state index is 0.194. The minimum Gasteiger partial charge on any atom is -0.444 e. The molecule has 0 aliphatic carbocycles. The highest BCUT2D eigenvalue weighted by molar-refractivity contribution is 6.30. The molecular weight excluding hydrogens is 573 g/mol. The molecule has 0 radical (unpaired) electrons. The third-order valence-corrected chi connectivity index (χ3v) is 7.12. The molecule has 2 amide bonds. The van der Waals surface area contributed by atoms with Gasteiger partial charge in [0, 0.05) is 72.7 Å². The van der Waals surface area contributed by atoms with Gasteiger partial charge in [0.25, 0.3) is 5.91 Å². The van der Waals surface area contributed by atoms with Crippen molar-refractivity contribution >= 4 is 45.9 Å². The van der Waals surface area contributed by atoms with Crippen molar-refractivity contribution in [2.45, 2.75) is 26.4 Å². The van der Waals surface area contributed by atoms with Crippen LogP contribution in [0.15, 0.2) is 60.9 Å². The Hall–Kier alpha value is -4.35. The maximum atomic E-state index is 14.4. The molecule has 1 saturated heterocycles. The van der Waals surface area contributed by atoms with Gasteiger partial charge in [-0.1, -0.05) is 11.6 Å². The van der Waals surface area contributed by atoms with E-state index in [4.69, 9.17) is 16.3 Å². The number of nitrogens with zero attached hydrogens (tertiary/aromatic N) is 5. The van der Waals surface area contributed by atoms with Gasteiger partial charge in [-0.3, -0.25) is 14.7 Å². The smallest absolute Gasteiger partial charge is 0.410 e. The number of benzene rings is 2. The summed E-state index contributed by atoms with van der Waals surface area (Å²) in [5.41, 5.74) is 2.55. The Morgan fingerprint density at radius 1 is 1.05 bits per heavy atom. The zero-order chi connectivity index (χ0) is 30.6. The van der Waals surface area contributed by atoms with Crippen molar-refractivity contribution in [3.63, 3.8) is 0 Å². The van der Waals surface area contributed by atoms with Crippen LogP contribution in [0.1, 0.15) is 31.1 Å². The standard InChI is InChI=1S/C31H33ClFN7O3/c1-31(2,3)43-30(42)40-14-12-39(13-15-40)11-10-35-29(41)20-4-6-23-26(8-9-34-27(23)16-20)37-22-18-28(38-36-19-22)24-17-21(32)5-7-25(24)33/h4-9,16-19H,10-15H2,1-3H3,(H,35,41)(H,34,37,38). The fourth-order valence-electron chi connectivity index (χ4n) is 4.72. The molecule has 3 heterocycles. The lowest BCUT2D eigenvalue weighted by Crippen LogP contribution is -2.51. The largest absolute Gasteiger partial charge is 0.444 e. The van der Waals surface area contributed by atoms with E-state index >= 15 is 0 Å². The van der Waals surface area contributed by atoms with Crippen LogP contribution in [-0.4, -0.2) is 81.9 Å². The summed E-state index contributed by atoms with van der Waals surface area (Å²) in [5.74, 6) is -0.641. The van der Waals surface area contributed by atoms with Crippen LogP contribution < -0.4 is 10.6 Å². The maximum Gasteiger partial charge on any atom is 0.410 e. The Morgan fingerprint density at radius 2 is 1.84 bits per heavy atom. The SMILES string of the molecule is CC(C)(C)OC(=O)N1CCN(CCNC(=O)c2ccc3c(Nc4cnnc(-c5cc(Cl)ccc5F)c4)ccnc3c2)CC1.